The van der Waals surface area contributed by atoms with Crippen molar-refractivity contribution < 1.29 is 0 Å². The highest BCUT2D eigenvalue weighted by Crippen LogP contribution is 2.14. The molecule has 0 fully saturated rings. The van der Waals surface area contributed by atoms with Gasteiger partial charge < -0.3 is 5.32 Å². The normalized spacial score (nSPS) is 12.1. The van der Waals surface area contributed by atoms with Crippen molar-refractivity contribution in [1.29, 1.82) is 0 Å². The lowest BCUT2D eigenvalue weighted by atomic mass is 10.0. The molecule has 84 valence electrons. The van der Waals surface area contributed by atoms with E-state index in [1.807, 2.05) is 19.4 Å². The van der Waals surface area contributed by atoms with Gasteiger partial charge in [-0.05, 0) is 45.6 Å². The number of nitrogens with zero attached hydrogens (tertiary/aromatic N) is 2. The van der Waals surface area contributed by atoms with E-state index in [0.29, 0.717) is 0 Å². The Balaban J connectivity index is 2.59. The maximum absolute atomic E-state index is 4.02. The van der Waals surface area contributed by atoms with Gasteiger partial charge in [0, 0.05) is 31.0 Å². The zero-order chi connectivity index (χ0) is 11.3. The number of likely N-dealkylation sites (N-methyl/N-ethyl adjacent to an activating group) is 2. The summed E-state index contributed by atoms with van der Waals surface area (Å²) in [6, 6.07) is 4.12. The van der Waals surface area contributed by atoms with Gasteiger partial charge in [-0.25, -0.2) is 0 Å². The van der Waals surface area contributed by atoms with Gasteiger partial charge in [-0.1, -0.05) is 0 Å². The van der Waals surface area contributed by atoms with Gasteiger partial charge in [-0.2, -0.15) is 0 Å². The van der Waals surface area contributed by atoms with Gasteiger partial charge in [-0.15, -0.1) is 0 Å². The maximum atomic E-state index is 4.02. The average molecular weight is 207 g/mol. The van der Waals surface area contributed by atoms with Crippen LogP contribution in [0.3, 0.4) is 0 Å². The fraction of sp³-hybridized carbons (Fsp3) is 0.583. The van der Waals surface area contributed by atoms with E-state index in [9.17, 15) is 0 Å². The van der Waals surface area contributed by atoms with Crippen LogP contribution in [0, 0.1) is 0 Å². The van der Waals surface area contributed by atoms with Crippen molar-refractivity contribution >= 4 is 0 Å². The topological polar surface area (TPSA) is 28.2 Å². The van der Waals surface area contributed by atoms with E-state index in [1.165, 1.54) is 5.56 Å². The van der Waals surface area contributed by atoms with Crippen LogP contribution in [0.25, 0.3) is 0 Å². The molecule has 1 N–H and O–H groups in total. The average Bonchev–Trinajstić information content (AvgIpc) is 2.19. The summed E-state index contributed by atoms with van der Waals surface area (Å²) in [5, 5.41) is 3.22. The molecule has 0 aliphatic carbocycles. The Kier molecular flexibility index (Phi) is 4.24. The van der Waals surface area contributed by atoms with Crippen molar-refractivity contribution in [3.63, 3.8) is 0 Å². The number of nitrogens with one attached hydrogen (secondary N) is 1. The Morgan fingerprint density at radius 1 is 1.33 bits per heavy atom. The molecule has 0 unspecified atom stereocenters. The van der Waals surface area contributed by atoms with E-state index in [4.69, 9.17) is 0 Å². The maximum Gasteiger partial charge on any atom is 0.0278 e. The van der Waals surface area contributed by atoms with Crippen LogP contribution >= 0.6 is 0 Å². The van der Waals surface area contributed by atoms with Crippen LogP contribution in [0.15, 0.2) is 24.5 Å². The minimum atomic E-state index is 0.165. The molecule has 0 spiro atoms. The second-order valence-corrected chi connectivity index (χ2v) is 4.55. The van der Waals surface area contributed by atoms with Gasteiger partial charge in [-0.3, -0.25) is 9.88 Å². The summed E-state index contributed by atoms with van der Waals surface area (Å²) in [4.78, 5) is 6.37. The molecule has 1 aromatic rings. The van der Waals surface area contributed by atoms with Gasteiger partial charge in [0.2, 0.25) is 0 Å². The number of hydrogen-bond acceptors (Lipinski definition) is 3. The Morgan fingerprint density at radius 2 is 1.93 bits per heavy atom. The van der Waals surface area contributed by atoms with Crippen molar-refractivity contribution in [3.05, 3.63) is 30.1 Å². The molecule has 15 heavy (non-hydrogen) atoms. The predicted octanol–water partition coefficient (Wildman–Crippen LogP) is 1.51. The van der Waals surface area contributed by atoms with E-state index in [1.54, 1.807) is 0 Å². The Morgan fingerprint density at radius 3 is 2.47 bits per heavy atom. The first kappa shape index (κ1) is 12.1. The Bertz CT molecular complexity index is 282. The van der Waals surface area contributed by atoms with E-state index >= 15 is 0 Å². The van der Waals surface area contributed by atoms with Crippen LogP contribution < -0.4 is 5.32 Å². The summed E-state index contributed by atoms with van der Waals surface area (Å²) in [5.41, 5.74) is 1.47. The highest BCUT2D eigenvalue weighted by atomic mass is 15.2. The van der Waals surface area contributed by atoms with Crippen LogP contribution in [-0.4, -0.2) is 36.1 Å². The van der Waals surface area contributed by atoms with E-state index in [-0.39, 0.29) is 5.54 Å². The standard InChI is InChI=1S/C12H21N3/c1-12(2,10-13-3)15(4)9-11-5-7-14-8-6-11/h5-8,13H,9-10H2,1-4H3. The largest absolute Gasteiger partial charge is 0.318 e. The van der Waals surface area contributed by atoms with Gasteiger partial charge >= 0.3 is 0 Å². The predicted molar refractivity (Wildman–Crippen MR) is 63.7 cm³/mol. The van der Waals surface area contributed by atoms with Crippen LogP contribution in [0.2, 0.25) is 0 Å². The first-order valence-electron chi connectivity index (χ1n) is 5.31. The Labute approximate surface area is 92.5 Å². The zero-order valence-corrected chi connectivity index (χ0v) is 10.1. The molecular weight excluding hydrogens is 186 g/mol. The second-order valence-electron chi connectivity index (χ2n) is 4.55. The van der Waals surface area contributed by atoms with Crippen molar-refractivity contribution in [3.8, 4) is 0 Å². The summed E-state index contributed by atoms with van der Waals surface area (Å²) in [5.74, 6) is 0. The number of aromatic nitrogens is 1. The highest BCUT2D eigenvalue weighted by Gasteiger charge is 2.22. The monoisotopic (exact) mass is 207 g/mol. The highest BCUT2D eigenvalue weighted by molar-refractivity contribution is 5.09. The second kappa shape index (κ2) is 5.24. The number of hydrogen-bond donors (Lipinski definition) is 1. The molecule has 1 heterocycles. The number of rotatable bonds is 5. The van der Waals surface area contributed by atoms with Crippen molar-refractivity contribution in [2.24, 2.45) is 0 Å². The van der Waals surface area contributed by atoms with Crippen LogP contribution in [0.4, 0.5) is 0 Å². The molecule has 3 heteroatoms. The van der Waals surface area contributed by atoms with Gasteiger partial charge in [0.05, 0.1) is 0 Å². The first-order chi connectivity index (χ1) is 7.06. The third-order valence-corrected chi connectivity index (χ3v) is 2.81. The van der Waals surface area contributed by atoms with E-state index < -0.39 is 0 Å². The molecule has 0 aromatic carbocycles. The molecule has 1 rings (SSSR count). The molecule has 0 aliphatic heterocycles. The molecule has 0 aliphatic rings. The van der Waals surface area contributed by atoms with E-state index in [2.05, 4.69) is 48.2 Å². The summed E-state index contributed by atoms with van der Waals surface area (Å²) >= 11 is 0. The molecule has 3 nitrogen and oxygen atoms in total. The molecule has 0 amide bonds. The third-order valence-electron chi connectivity index (χ3n) is 2.81. The van der Waals surface area contributed by atoms with Gasteiger partial charge in [0.25, 0.3) is 0 Å². The summed E-state index contributed by atoms with van der Waals surface area (Å²) in [6.45, 7) is 6.42. The smallest absolute Gasteiger partial charge is 0.0278 e. The lowest BCUT2D eigenvalue weighted by Crippen LogP contribution is -2.47. The summed E-state index contributed by atoms with van der Waals surface area (Å²) in [6.07, 6.45) is 3.68. The van der Waals surface area contributed by atoms with Crippen molar-refractivity contribution in [2.75, 3.05) is 20.6 Å². The third kappa shape index (κ3) is 3.61. The number of pyridine rings is 1. The fourth-order valence-electron chi connectivity index (χ4n) is 1.54. The molecule has 0 radical (unpaired) electrons. The van der Waals surface area contributed by atoms with Crippen LogP contribution in [-0.2, 0) is 6.54 Å². The van der Waals surface area contributed by atoms with Gasteiger partial charge in [0.1, 0.15) is 0 Å². The molecule has 0 bridgehead atoms. The summed E-state index contributed by atoms with van der Waals surface area (Å²) < 4.78 is 0. The zero-order valence-electron chi connectivity index (χ0n) is 10.1. The quantitative estimate of drug-likeness (QED) is 0.793. The van der Waals surface area contributed by atoms with Gasteiger partial charge in [0.15, 0.2) is 0 Å². The first-order valence-corrected chi connectivity index (χ1v) is 5.31. The SMILES string of the molecule is CNCC(C)(C)N(C)Cc1ccncc1. The molecule has 1 aromatic heterocycles. The van der Waals surface area contributed by atoms with E-state index in [0.717, 1.165) is 13.1 Å². The van der Waals surface area contributed by atoms with Crippen LogP contribution in [0.1, 0.15) is 19.4 Å². The summed E-state index contributed by atoms with van der Waals surface area (Å²) in [7, 11) is 4.14. The fourth-order valence-corrected chi connectivity index (χ4v) is 1.54. The minimum absolute atomic E-state index is 0.165. The van der Waals surface area contributed by atoms with Crippen molar-refractivity contribution in [2.45, 2.75) is 25.9 Å². The Hall–Kier alpha value is -0.930. The van der Waals surface area contributed by atoms with Crippen molar-refractivity contribution in [1.82, 2.24) is 15.2 Å². The minimum Gasteiger partial charge on any atom is -0.318 e. The molecule has 0 saturated heterocycles. The lowest BCUT2D eigenvalue weighted by Gasteiger charge is -2.35. The molecule has 0 saturated carbocycles. The lowest BCUT2D eigenvalue weighted by molar-refractivity contribution is 0.147. The molecule has 0 atom stereocenters. The van der Waals surface area contributed by atoms with Crippen LogP contribution in [0.5, 0.6) is 0 Å². The molecular formula is C12H21N3.